The Morgan fingerprint density at radius 1 is 1.52 bits per heavy atom. The summed E-state index contributed by atoms with van der Waals surface area (Å²) >= 11 is 0. The van der Waals surface area contributed by atoms with Crippen LogP contribution in [-0.4, -0.2) is 37.0 Å². The van der Waals surface area contributed by atoms with E-state index in [4.69, 9.17) is 10.5 Å². The van der Waals surface area contributed by atoms with Crippen LogP contribution in [-0.2, 0) is 4.79 Å². The number of carbonyl (C=O) groups is 1. The lowest BCUT2D eigenvalue weighted by molar-refractivity contribution is -0.127. The van der Waals surface area contributed by atoms with Crippen molar-refractivity contribution in [1.29, 1.82) is 0 Å². The monoisotopic (exact) mass is 288 g/mol. The molecule has 114 valence electrons. The number of nitrogens with two attached hydrogens (primary N) is 1. The van der Waals surface area contributed by atoms with Gasteiger partial charge in [-0.15, -0.1) is 0 Å². The Labute approximate surface area is 126 Å². The minimum absolute atomic E-state index is 0.0585. The van der Waals surface area contributed by atoms with Crippen molar-refractivity contribution < 1.29 is 9.53 Å². The Bertz CT molecular complexity index is 511. The van der Waals surface area contributed by atoms with Gasteiger partial charge in [-0.3, -0.25) is 4.79 Å². The van der Waals surface area contributed by atoms with Gasteiger partial charge in [0, 0.05) is 25.2 Å². The normalized spacial score (nSPS) is 20.5. The van der Waals surface area contributed by atoms with Crippen molar-refractivity contribution in [2.24, 2.45) is 11.7 Å². The third-order valence-electron chi connectivity index (χ3n) is 4.03. The van der Waals surface area contributed by atoms with Gasteiger partial charge in [0.05, 0.1) is 7.11 Å². The Morgan fingerprint density at radius 2 is 2.33 bits per heavy atom. The standard InChI is InChI=1S/C17H24N2O2/c1-13(18)15-6-4-10-19(12-15)17(20)9-8-14-5-3-7-16(11-14)21-2/h3,5,7-9,11,13,15H,4,6,10,12,18H2,1-2H3. The average Bonchev–Trinajstić information content (AvgIpc) is 2.53. The van der Waals surface area contributed by atoms with E-state index in [1.807, 2.05) is 42.2 Å². The number of methoxy groups -OCH3 is 1. The number of hydrogen-bond donors (Lipinski definition) is 1. The lowest BCUT2D eigenvalue weighted by atomic mass is 9.92. The molecule has 2 atom stereocenters. The fourth-order valence-electron chi connectivity index (χ4n) is 2.66. The molecule has 21 heavy (non-hydrogen) atoms. The van der Waals surface area contributed by atoms with Gasteiger partial charge in [-0.05, 0) is 49.5 Å². The first-order valence-electron chi connectivity index (χ1n) is 7.47. The summed E-state index contributed by atoms with van der Waals surface area (Å²) < 4.78 is 5.18. The Hall–Kier alpha value is -1.81. The Balaban J connectivity index is 1.98. The summed E-state index contributed by atoms with van der Waals surface area (Å²) in [6, 6.07) is 7.80. The Kier molecular flexibility index (Phi) is 5.39. The van der Waals surface area contributed by atoms with E-state index in [2.05, 4.69) is 0 Å². The third-order valence-corrected chi connectivity index (χ3v) is 4.03. The van der Waals surface area contributed by atoms with Crippen LogP contribution in [0.2, 0.25) is 0 Å². The second kappa shape index (κ2) is 7.27. The number of rotatable bonds is 4. The average molecular weight is 288 g/mol. The zero-order valence-corrected chi connectivity index (χ0v) is 12.8. The highest BCUT2D eigenvalue weighted by atomic mass is 16.5. The van der Waals surface area contributed by atoms with Crippen LogP contribution < -0.4 is 10.5 Å². The highest BCUT2D eigenvalue weighted by Gasteiger charge is 2.24. The molecular formula is C17H24N2O2. The first kappa shape index (κ1) is 15.6. The van der Waals surface area contributed by atoms with Gasteiger partial charge < -0.3 is 15.4 Å². The van der Waals surface area contributed by atoms with E-state index >= 15 is 0 Å². The topological polar surface area (TPSA) is 55.6 Å². The summed E-state index contributed by atoms with van der Waals surface area (Å²) in [5, 5.41) is 0. The maximum atomic E-state index is 12.3. The second-order valence-electron chi connectivity index (χ2n) is 5.66. The summed E-state index contributed by atoms with van der Waals surface area (Å²) in [6.45, 7) is 3.61. The van der Waals surface area contributed by atoms with Crippen molar-refractivity contribution in [3.63, 3.8) is 0 Å². The molecule has 1 aliphatic rings. The first-order chi connectivity index (χ1) is 10.1. The largest absolute Gasteiger partial charge is 0.497 e. The lowest BCUT2D eigenvalue weighted by Gasteiger charge is -2.34. The molecule has 1 saturated heterocycles. The molecule has 0 aromatic heterocycles. The zero-order chi connectivity index (χ0) is 15.2. The van der Waals surface area contributed by atoms with Gasteiger partial charge in [0.25, 0.3) is 0 Å². The summed E-state index contributed by atoms with van der Waals surface area (Å²) in [5.41, 5.74) is 6.92. The fourth-order valence-corrected chi connectivity index (χ4v) is 2.66. The van der Waals surface area contributed by atoms with Gasteiger partial charge in [0.2, 0.25) is 5.91 Å². The molecular weight excluding hydrogens is 264 g/mol. The predicted molar refractivity (Wildman–Crippen MR) is 85.0 cm³/mol. The molecule has 0 bridgehead atoms. The zero-order valence-electron chi connectivity index (χ0n) is 12.8. The number of likely N-dealkylation sites (tertiary alicyclic amines) is 1. The SMILES string of the molecule is COc1cccc(C=CC(=O)N2CCCC(C(C)N)C2)c1. The minimum atomic E-state index is 0.0585. The number of amides is 1. The predicted octanol–water partition coefficient (Wildman–Crippen LogP) is 2.29. The van der Waals surface area contributed by atoms with Crippen molar-refractivity contribution in [3.8, 4) is 5.75 Å². The van der Waals surface area contributed by atoms with E-state index in [-0.39, 0.29) is 11.9 Å². The summed E-state index contributed by atoms with van der Waals surface area (Å²) in [5.74, 6) is 1.26. The Morgan fingerprint density at radius 3 is 3.05 bits per heavy atom. The highest BCUT2D eigenvalue weighted by molar-refractivity contribution is 5.91. The van der Waals surface area contributed by atoms with Gasteiger partial charge in [-0.2, -0.15) is 0 Å². The van der Waals surface area contributed by atoms with Crippen LogP contribution in [0.4, 0.5) is 0 Å². The highest BCUT2D eigenvalue weighted by Crippen LogP contribution is 2.19. The van der Waals surface area contributed by atoms with E-state index < -0.39 is 0 Å². The molecule has 0 spiro atoms. The molecule has 4 heteroatoms. The number of hydrogen-bond acceptors (Lipinski definition) is 3. The van der Waals surface area contributed by atoms with Gasteiger partial charge in [-0.1, -0.05) is 12.1 Å². The quantitative estimate of drug-likeness (QED) is 0.865. The first-order valence-corrected chi connectivity index (χ1v) is 7.47. The van der Waals surface area contributed by atoms with E-state index in [0.29, 0.717) is 5.92 Å². The number of benzene rings is 1. The molecule has 4 nitrogen and oxygen atoms in total. The number of ether oxygens (including phenoxy) is 1. The third kappa shape index (κ3) is 4.33. The molecule has 1 fully saturated rings. The van der Waals surface area contributed by atoms with Crippen molar-refractivity contribution >= 4 is 12.0 Å². The van der Waals surface area contributed by atoms with Crippen molar-refractivity contribution in [2.45, 2.75) is 25.8 Å². The van der Waals surface area contributed by atoms with Crippen molar-refractivity contribution in [1.82, 2.24) is 4.90 Å². The minimum Gasteiger partial charge on any atom is -0.497 e. The molecule has 1 heterocycles. The van der Waals surface area contributed by atoms with Crippen molar-refractivity contribution in [3.05, 3.63) is 35.9 Å². The molecule has 0 aliphatic carbocycles. The molecule has 1 aromatic rings. The fraction of sp³-hybridized carbons (Fsp3) is 0.471. The number of carbonyl (C=O) groups excluding carboxylic acids is 1. The van der Waals surface area contributed by atoms with Crippen LogP contribution in [0, 0.1) is 5.92 Å². The summed E-state index contributed by atoms with van der Waals surface area (Å²) in [7, 11) is 1.63. The molecule has 2 N–H and O–H groups in total. The lowest BCUT2D eigenvalue weighted by Crippen LogP contribution is -2.44. The van der Waals surface area contributed by atoms with Gasteiger partial charge in [-0.25, -0.2) is 0 Å². The van der Waals surface area contributed by atoms with Gasteiger partial charge >= 0.3 is 0 Å². The van der Waals surface area contributed by atoms with Crippen molar-refractivity contribution in [2.75, 3.05) is 20.2 Å². The van der Waals surface area contributed by atoms with Gasteiger partial charge in [0.15, 0.2) is 0 Å². The van der Waals surface area contributed by atoms with Crippen LogP contribution in [0.15, 0.2) is 30.3 Å². The number of piperidine rings is 1. The van der Waals surface area contributed by atoms with Crippen LogP contribution in [0.5, 0.6) is 5.75 Å². The van der Waals surface area contributed by atoms with Crippen LogP contribution in [0.3, 0.4) is 0 Å². The molecule has 2 unspecified atom stereocenters. The van der Waals surface area contributed by atoms with E-state index in [0.717, 1.165) is 37.2 Å². The van der Waals surface area contributed by atoms with Gasteiger partial charge in [0.1, 0.15) is 5.75 Å². The van der Waals surface area contributed by atoms with Crippen LogP contribution in [0.25, 0.3) is 6.08 Å². The molecule has 0 radical (unpaired) electrons. The second-order valence-corrected chi connectivity index (χ2v) is 5.66. The van der Waals surface area contributed by atoms with E-state index in [1.54, 1.807) is 13.2 Å². The van der Waals surface area contributed by atoms with E-state index in [9.17, 15) is 4.79 Å². The maximum Gasteiger partial charge on any atom is 0.246 e. The smallest absolute Gasteiger partial charge is 0.246 e. The molecule has 1 aliphatic heterocycles. The molecule has 2 rings (SSSR count). The number of nitrogens with zero attached hydrogens (tertiary/aromatic N) is 1. The molecule has 1 amide bonds. The van der Waals surface area contributed by atoms with Crippen LogP contribution in [0.1, 0.15) is 25.3 Å². The molecule has 0 saturated carbocycles. The molecule has 1 aromatic carbocycles. The maximum absolute atomic E-state index is 12.3. The summed E-state index contributed by atoms with van der Waals surface area (Å²) in [6.07, 6.45) is 5.62. The van der Waals surface area contributed by atoms with Crippen LogP contribution >= 0.6 is 0 Å². The van der Waals surface area contributed by atoms with E-state index in [1.165, 1.54) is 0 Å². The summed E-state index contributed by atoms with van der Waals surface area (Å²) in [4.78, 5) is 14.2.